The number of methoxy groups -OCH3 is 1. The van der Waals surface area contributed by atoms with Crippen LogP contribution in [0.25, 0.3) is 0 Å². The van der Waals surface area contributed by atoms with Crippen molar-refractivity contribution in [1.29, 1.82) is 0 Å². The van der Waals surface area contributed by atoms with Gasteiger partial charge >= 0.3 is 0 Å². The Labute approximate surface area is 85.5 Å². The summed E-state index contributed by atoms with van der Waals surface area (Å²) in [5.74, 6) is 0. The number of aryl methyl sites for hydroxylation is 1. The third-order valence-corrected chi connectivity index (χ3v) is 2.32. The normalized spacial score (nSPS) is 10.3. The first-order chi connectivity index (χ1) is 6.25. The molecule has 3 nitrogen and oxygen atoms in total. The third-order valence-electron chi connectivity index (χ3n) is 1.72. The van der Waals surface area contributed by atoms with Crippen LogP contribution in [-0.2, 0) is 11.3 Å². The molecule has 0 saturated heterocycles. The van der Waals surface area contributed by atoms with Gasteiger partial charge in [0.05, 0.1) is 4.47 Å². The van der Waals surface area contributed by atoms with E-state index in [9.17, 15) is 4.79 Å². The van der Waals surface area contributed by atoms with E-state index in [1.807, 2.05) is 6.07 Å². The molecule has 0 fully saturated rings. The van der Waals surface area contributed by atoms with Crippen LogP contribution in [0.4, 0.5) is 0 Å². The summed E-state index contributed by atoms with van der Waals surface area (Å²) in [5.41, 5.74) is 0.0126. The molecule has 0 atom stereocenters. The highest BCUT2D eigenvalue weighted by molar-refractivity contribution is 9.10. The van der Waals surface area contributed by atoms with Crippen LogP contribution in [0, 0.1) is 0 Å². The standard InChI is InChI=1S/C9H12BrNO2/c1-13-7-3-6-11-5-2-4-8(10)9(11)12/h2,4-5H,3,6-7H2,1H3. The minimum atomic E-state index is 0.0126. The van der Waals surface area contributed by atoms with E-state index >= 15 is 0 Å². The fraction of sp³-hybridized carbons (Fsp3) is 0.444. The second kappa shape index (κ2) is 5.19. The molecule has 1 aromatic heterocycles. The first kappa shape index (κ1) is 10.5. The molecule has 13 heavy (non-hydrogen) atoms. The van der Waals surface area contributed by atoms with Crippen molar-refractivity contribution in [3.63, 3.8) is 0 Å². The Bertz CT molecular complexity index is 322. The molecule has 0 aliphatic rings. The Hall–Kier alpha value is -0.610. The van der Waals surface area contributed by atoms with Gasteiger partial charge in [-0.1, -0.05) is 0 Å². The van der Waals surface area contributed by atoms with Crippen LogP contribution in [0.15, 0.2) is 27.6 Å². The maximum Gasteiger partial charge on any atom is 0.264 e. The van der Waals surface area contributed by atoms with Crippen LogP contribution in [-0.4, -0.2) is 18.3 Å². The molecule has 0 saturated carbocycles. The predicted octanol–water partition coefficient (Wildman–Crippen LogP) is 1.65. The summed E-state index contributed by atoms with van der Waals surface area (Å²) >= 11 is 3.19. The lowest BCUT2D eigenvalue weighted by Crippen LogP contribution is -2.20. The topological polar surface area (TPSA) is 31.2 Å². The Balaban J connectivity index is 2.67. The summed E-state index contributed by atoms with van der Waals surface area (Å²) in [4.78, 5) is 11.4. The first-order valence-corrected chi connectivity index (χ1v) is 4.89. The number of hydrogen-bond donors (Lipinski definition) is 0. The molecule has 0 amide bonds. The second-order valence-corrected chi connectivity index (χ2v) is 3.56. The lowest BCUT2D eigenvalue weighted by atomic mass is 10.4. The summed E-state index contributed by atoms with van der Waals surface area (Å²) < 4.78 is 7.18. The lowest BCUT2D eigenvalue weighted by Gasteiger charge is -2.04. The monoisotopic (exact) mass is 245 g/mol. The molecule has 0 bridgehead atoms. The van der Waals surface area contributed by atoms with E-state index in [1.165, 1.54) is 0 Å². The molecule has 1 rings (SSSR count). The molecular formula is C9H12BrNO2. The average Bonchev–Trinajstić information content (AvgIpc) is 2.13. The molecule has 0 aromatic carbocycles. The first-order valence-electron chi connectivity index (χ1n) is 4.09. The van der Waals surface area contributed by atoms with Crippen LogP contribution >= 0.6 is 15.9 Å². The Kier molecular flexibility index (Phi) is 4.18. The quantitative estimate of drug-likeness (QED) is 0.756. The summed E-state index contributed by atoms with van der Waals surface area (Å²) in [6, 6.07) is 3.59. The van der Waals surface area contributed by atoms with Crippen LogP contribution < -0.4 is 5.56 Å². The molecule has 0 unspecified atom stereocenters. The van der Waals surface area contributed by atoms with E-state index < -0.39 is 0 Å². The van der Waals surface area contributed by atoms with Crippen molar-refractivity contribution < 1.29 is 4.74 Å². The number of ether oxygens (including phenoxy) is 1. The van der Waals surface area contributed by atoms with Crippen molar-refractivity contribution in [2.45, 2.75) is 13.0 Å². The van der Waals surface area contributed by atoms with Gasteiger partial charge in [0.15, 0.2) is 0 Å². The Morgan fingerprint density at radius 1 is 1.62 bits per heavy atom. The third kappa shape index (κ3) is 2.97. The van der Waals surface area contributed by atoms with Crippen LogP contribution in [0.5, 0.6) is 0 Å². The zero-order valence-electron chi connectivity index (χ0n) is 7.50. The van der Waals surface area contributed by atoms with Gasteiger partial charge < -0.3 is 9.30 Å². The van der Waals surface area contributed by atoms with Crippen LogP contribution in [0.3, 0.4) is 0 Å². The summed E-state index contributed by atoms with van der Waals surface area (Å²) in [5, 5.41) is 0. The molecule has 0 N–H and O–H groups in total. The number of hydrogen-bond acceptors (Lipinski definition) is 2. The van der Waals surface area contributed by atoms with E-state index in [4.69, 9.17) is 4.74 Å². The van der Waals surface area contributed by atoms with E-state index in [2.05, 4.69) is 15.9 Å². The SMILES string of the molecule is COCCCn1cccc(Br)c1=O. The molecule has 0 radical (unpaired) electrons. The molecule has 0 aliphatic carbocycles. The maximum atomic E-state index is 11.4. The van der Waals surface area contributed by atoms with E-state index in [1.54, 1.807) is 23.9 Å². The van der Waals surface area contributed by atoms with Crippen molar-refractivity contribution in [2.75, 3.05) is 13.7 Å². The number of pyridine rings is 1. The number of halogens is 1. The maximum absolute atomic E-state index is 11.4. The lowest BCUT2D eigenvalue weighted by molar-refractivity contribution is 0.190. The fourth-order valence-corrected chi connectivity index (χ4v) is 1.44. The zero-order chi connectivity index (χ0) is 9.68. The Morgan fingerprint density at radius 3 is 3.08 bits per heavy atom. The smallest absolute Gasteiger partial charge is 0.264 e. The number of aromatic nitrogens is 1. The minimum absolute atomic E-state index is 0.0126. The average molecular weight is 246 g/mol. The van der Waals surface area contributed by atoms with Gasteiger partial charge in [-0.3, -0.25) is 4.79 Å². The van der Waals surface area contributed by atoms with Crippen molar-refractivity contribution in [1.82, 2.24) is 4.57 Å². The molecule has 4 heteroatoms. The van der Waals surface area contributed by atoms with Gasteiger partial charge in [-0.25, -0.2) is 0 Å². The summed E-state index contributed by atoms with van der Waals surface area (Å²) in [7, 11) is 1.66. The van der Waals surface area contributed by atoms with E-state index in [0.717, 1.165) is 6.42 Å². The van der Waals surface area contributed by atoms with Gasteiger partial charge in [0.25, 0.3) is 5.56 Å². The predicted molar refractivity (Wildman–Crippen MR) is 54.9 cm³/mol. The van der Waals surface area contributed by atoms with Crippen LogP contribution in [0.2, 0.25) is 0 Å². The molecule has 1 aromatic rings. The summed E-state index contributed by atoms with van der Waals surface area (Å²) in [6.07, 6.45) is 2.63. The minimum Gasteiger partial charge on any atom is -0.385 e. The molecule has 0 aliphatic heterocycles. The molecule has 0 spiro atoms. The van der Waals surface area contributed by atoms with Gasteiger partial charge in [0.2, 0.25) is 0 Å². The van der Waals surface area contributed by atoms with Gasteiger partial charge in [0.1, 0.15) is 0 Å². The number of rotatable bonds is 4. The highest BCUT2D eigenvalue weighted by atomic mass is 79.9. The van der Waals surface area contributed by atoms with Gasteiger partial charge in [-0.2, -0.15) is 0 Å². The fourth-order valence-electron chi connectivity index (χ4n) is 1.06. The molecule has 1 heterocycles. The van der Waals surface area contributed by atoms with Gasteiger partial charge in [0, 0.05) is 26.5 Å². The zero-order valence-corrected chi connectivity index (χ0v) is 9.08. The van der Waals surface area contributed by atoms with Gasteiger partial charge in [-0.05, 0) is 34.5 Å². The largest absolute Gasteiger partial charge is 0.385 e. The van der Waals surface area contributed by atoms with Crippen molar-refractivity contribution >= 4 is 15.9 Å². The second-order valence-electron chi connectivity index (χ2n) is 2.70. The molecule has 72 valence electrons. The van der Waals surface area contributed by atoms with Crippen molar-refractivity contribution in [3.8, 4) is 0 Å². The van der Waals surface area contributed by atoms with E-state index in [-0.39, 0.29) is 5.56 Å². The van der Waals surface area contributed by atoms with Crippen molar-refractivity contribution in [2.24, 2.45) is 0 Å². The highest BCUT2D eigenvalue weighted by Gasteiger charge is 1.98. The Morgan fingerprint density at radius 2 is 2.38 bits per heavy atom. The van der Waals surface area contributed by atoms with Crippen LogP contribution in [0.1, 0.15) is 6.42 Å². The summed E-state index contributed by atoms with van der Waals surface area (Å²) in [6.45, 7) is 1.38. The van der Waals surface area contributed by atoms with E-state index in [0.29, 0.717) is 17.6 Å². The van der Waals surface area contributed by atoms with Gasteiger partial charge in [-0.15, -0.1) is 0 Å². The number of nitrogens with zero attached hydrogens (tertiary/aromatic N) is 1. The highest BCUT2D eigenvalue weighted by Crippen LogP contribution is 2.00. The molecular weight excluding hydrogens is 234 g/mol. The van der Waals surface area contributed by atoms with Crippen molar-refractivity contribution in [3.05, 3.63) is 33.2 Å².